The Morgan fingerprint density at radius 2 is 1.89 bits per heavy atom. The third kappa shape index (κ3) is 3.50. The summed E-state index contributed by atoms with van der Waals surface area (Å²) in [5.41, 5.74) is 0.468. The fourth-order valence-corrected chi connectivity index (χ4v) is 5.17. The molecular weight excluding hydrogens is 373 g/mol. The quantitative estimate of drug-likeness (QED) is 0.853. The van der Waals surface area contributed by atoms with Gasteiger partial charge < -0.3 is 14.6 Å². The number of ether oxygens (including phenoxy) is 1. The van der Waals surface area contributed by atoms with Crippen molar-refractivity contribution in [1.82, 2.24) is 14.2 Å². The fraction of sp³-hybridized carbons (Fsp3) is 0.389. The van der Waals surface area contributed by atoms with Crippen LogP contribution < -0.4 is 0 Å². The monoisotopic (exact) mass is 393 g/mol. The second-order valence-electron chi connectivity index (χ2n) is 6.87. The number of aromatic amines is 1. The topological polar surface area (TPSA) is 82.7 Å². The molecule has 1 aromatic heterocycles. The molecule has 9 heteroatoms. The molecule has 2 saturated heterocycles. The van der Waals surface area contributed by atoms with E-state index in [1.807, 2.05) is 0 Å². The lowest BCUT2D eigenvalue weighted by Crippen LogP contribution is -2.47. The zero-order valence-corrected chi connectivity index (χ0v) is 15.4. The summed E-state index contributed by atoms with van der Waals surface area (Å²) < 4.78 is 46.3. The number of carbonyl (C=O) groups is 1. The Kier molecular flexibility index (Phi) is 4.75. The number of benzene rings is 1. The Labute approximate surface area is 156 Å². The molecule has 0 unspecified atom stereocenters. The smallest absolute Gasteiger partial charge is 0.270 e. The number of rotatable bonds is 3. The SMILES string of the molecule is O=C(c1ccc[nH]1)N1C[C@H]2COC[C@@H]1CN(S(=O)(=O)c1ccc(F)cc1)C2. The highest BCUT2D eigenvalue weighted by molar-refractivity contribution is 7.89. The summed E-state index contributed by atoms with van der Waals surface area (Å²) in [5.74, 6) is -0.786. The summed E-state index contributed by atoms with van der Waals surface area (Å²) in [6.07, 6.45) is 1.68. The first-order valence-corrected chi connectivity index (χ1v) is 10.2. The van der Waals surface area contributed by atoms with Gasteiger partial charge in [0.2, 0.25) is 10.0 Å². The molecule has 1 N–H and O–H groups in total. The van der Waals surface area contributed by atoms with E-state index in [1.165, 1.54) is 16.4 Å². The molecule has 2 aromatic rings. The van der Waals surface area contributed by atoms with Crippen LogP contribution in [0.4, 0.5) is 4.39 Å². The molecular formula is C18H20FN3O4S. The molecule has 2 fully saturated rings. The van der Waals surface area contributed by atoms with Crippen molar-refractivity contribution < 1.29 is 22.3 Å². The number of nitrogens with zero attached hydrogens (tertiary/aromatic N) is 2. The Morgan fingerprint density at radius 1 is 1.11 bits per heavy atom. The summed E-state index contributed by atoms with van der Waals surface area (Å²) in [6.45, 7) is 1.49. The minimum atomic E-state index is -3.78. The first-order valence-electron chi connectivity index (χ1n) is 8.73. The Balaban J connectivity index is 1.63. The first-order chi connectivity index (χ1) is 12.9. The Hall–Kier alpha value is -2.23. The molecule has 2 aliphatic heterocycles. The highest BCUT2D eigenvalue weighted by atomic mass is 32.2. The van der Waals surface area contributed by atoms with Crippen LogP contribution in [0.15, 0.2) is 47.5 Å². The van der Waals surface area contributed by atoms with E-state index in [0.717, 1.165) is 12.1 Å². The Bertz CT molecular complexity index is 915. The van der Waals surface area contributed by atoms with Gasteiger partial charge >= 0.3 is 0 Å². The number of amides is 1. The normalized spacial score (nSPS) is 23.8. The van der Waals surface area contributed by atoms with Crippen LogP contribution in [0.2, 0.25) is 0 Å². The summed E-state index contributed by atoms with van der Waals surface area (Å²) >= 11 is 0. The van der Waals surface area contributed by atoms with Gasteiger partial charge in [-0.1, -0.05) is 0 Å². The lowest BCUT2D eigenvalue weighted by molar-refractivity contribution is 0.0538. The molecule has 7 nitrogen and oxygen atoms in total. The summed E-state index contributed by atoms with van der Waals surface area (Å²) in [7, 11) is -3.78. The van der Waals surface area contributed by atoms with Crippen molar-refractivity contribution in [1.29, 1.82) is 0 Å². The zero-order valence-electron chi connectivity index (χ0n) is 14.5. The largest absolute Gasteiger partial charge is 0.379 e. The lowest BCUT2D eigenvalue weighted by Gasteiger charge is -2.30. The predicted octanol–water partition coefficient (Wildman–Crippen LogP) is 1.32. The van der Waals surface area contributed by atoms with Crippen LogP contribution in [0.5, 0.6) is 0 Å². The van der Waals surface area contributed by atoms with Crippen LogP contribution in [0.1, 0.15) is 10.5 Å². The van der Waals surface area contributed by atoms with E-state index in [2.05, 4.69) is 4.98 Å². The van der Waals surface area contributed by atoms with Gasteiger partial charge in [0.25, 0.3) is 5.91 Å². The van der Waals surface area contributed by atoms with Crippen LogP contribution in [-0.4, -0.2) is 67.4 Å². The van der Waals surface area contributed by atoms with E-state index in [-0.39, 0.29) is 42.5 Å². The van der Waals surface area contributed by atoms with Crippen molar-refractivity contribution in [3.63, 3.8) is 0 Å². The molecule has 2 atom stereocenters. The second kappa shape index (κ2) is 7.06. The number of H-pyrrole nitrogens is 1. The number of nitrogens with one attached hydrogen (secondary N) is 1. The highest BCUT2D eigenvalue weighted by Crippen LogP contribution is 2.26. The summed E-state index contributed by atoms with van der Waals surface area (Å²) in [4.78, 5) is 17.5. The van der Waals surface area contributed by atoms with Gasteiger partial charge in [-0.3, -0.25) is 4.79 Å². The van der Waals surface area contributed by atoms with Crippen LogP contribution >= 0.6 is 0 Å². The van der Waals surface area contributed by atoms with E-state index in [0.29, 0.717) is 18.8 Å². The van der Waals surface area contributed by atoms with Gasteiger partial charge in [-0.15, -0.1) is 0 Å². The molecule has 1 amide bonds. The average Bonchev–Trinajstić information content (AvgIpc) is 3.01. The van der Waals surface area contributed by atoms with E-state index >= 15 is 0 Å². The molecule has 0 radical (unpaired) electrons. The molecule has 4 rings (SSSR count). The van der Waals surface area contributed by atoms with Crippen molar-refractivity contribution in [2.75, 3.05) is 32.8 Å². The van der Waals surface area contributed by atoms with Crippen molar-refractivity contribution in [2.45, 2.75) is 10.9 Å². The number of halogens is 1. The predicted molar refractivity (Wildman–Crippen MR) is 95.1 cm³/mol. The van der Waals surface area contributed by atoms with Gasteiger partial charge in [-0.25, -0.2) is 12.8 Å². The van der Waals surface area contributed by atoms with Gasteiger partial charge in [0.05, 0.1) is 24.2 Å². The maximum absolute atomic E-state index is 13.2. The third-order valence-corrected chi connectivity index (χ3v) is 6.82. The van der Waals surface area contributed by atoms with E-state index < -0.39 is 15.8 Å². The fourth-order valence-electron chi connectivity index (χ4n) is 3.62. The van der Waals surface area contributed by atoms with E-state index in [4.69, 9.17) is 4.74 Å². The minimum Gasteiger partial charge on any atom is -0.379 e. The summed E-state index contributed by atoms with van der Waals surface area (Å²) in [5, 5.41) is 0. The molecule has 2 bridgehead atoms. The van der Waals surface area contributed by atoms with Gasteiger partial charge in [0, 0.05) is 31.7 Å². The summed E-state index contributed by atoms with van der Waals surface area (Å²) in [6, 6.07) is 7.87. The maximum atomic E-state index is 13.2. The van der Waals surface area contributed by atoms with Crippen molar-refractivity contribution in [3.8, 4) is 0 Å². The first kappa shape index (κ1) is 18.1. The van der Waals surface area contributed by atoms with E-state index in [9.17, 15) is 17.6 Å². The number of hydrogen-bond acceptors (Lipinski definition) is 4. The van der Waals surface area contributed by atoms with Crippen LogP contribution in [0.25, 0.3) is 0 Å². The molecule has 0 spiro atoms. The van der Waals surface area contributed by atoms with Gasteiger partial charge in [-0.2, -0.15) is 4.31 Å². The molecule has 3 heterocycles. The molecule has 1 aromatic carbocycles. The number of fused-ring (bicyclic) bond motifs is 3. The lowest BCUT2D eigenvalue weighted by atomic mass is 10.1. The maximum Gasteiger partial charge on any atom is 0.270 e. The number of aromatic nitrogens is 1. The molecule has 2 aliphatic rings. The van der Waals surface area contributed by atoms with Gasteiger partial charge in [0.15, 0.2) is 0 Å². The van der Waals surface area contributed by atoms with Crippen LogP contribution in [0, 0.1) is 11.7 Å². The number of carbonyl (C=O) groups excluding carboxylic acids is 1. The van der Waals surface area contributed by atoms with E-state index in [1.54, 1.807) is 23.2 Å². The molecule has 0 saturated carbocycles. The minimum absolute atomic E-state index is 0.0482. The van der Waals surface area contributed by atoms with Crippen LogP contribution in [0.3, 0.4) is 0 Å². The number of hydrogen-bond donors (Lipinski definition) is 1. The standard InChI is InChI=1S/C18H20FN3O4S/c19-14-3-5-16(6-4-14)27(24,25)21-8-13-9-22(15(10-21)12-26-11-13)18(23)17-2-1-7-20-17/h1-7,13,15,20H,8-12H2/t13-,15-/m0/s1. The van der Waals surface area contributed by atoms with Crippen molar-refractivity contribution in [3.05, 3.63) is 54.1 Å². The zero-order chi connectivity index (χ0) is 19.0. The van der Waals surface area contributed by atoms with Crippen molar-refractivity contribution in [2.24, 2.45) is 5.92 Å². The highest BCUT2D eigenvalue weighted by Gasteiger charge is 2.40. The van der Waals surface area contributed by atoms with Crippen LogP contribution in [-0.2, 0) is 14.8 Å². The molecule has 0 aliphatic carbocycles. The van der Waals surface area contributed by atoms with Crippen molar-refractivity contribution >= 4 is 15.9 Å². The van der Waals surface area contributed by atoms with Gasteiger partial charge in [0.1, 0.15) is 11.5 Å². The molecule has 144 valence electrons. The van der Waals surface area contributed by atoms with Gasteiger partial charge in [-0.05, 0) is 36.4 Å². The third-order valence-electron chi connectivity index (χ3n) is 4.98. The molecule has 27 heavy (non-hydrogen) atoms. The second-order valence-corrected chi connectivity index (χ2v) is 8.81. The average molecular weight is 393 g/mol. The number of sulfonamides is 1. The Morgan fingerprint density at radius 3 is 2.59 bits per heavy atom.